The van der Waals surface area contributed by atoms with Gasteiger partial charge in [0.15, 0.2) is 0 Å². The van der Waals surface area contributed by atoms with Crippen molar-refractivity contribution in [3.63, 3.8) is 0 Å². The smallest absolute Gasteiger partial charge is 0.224 e. The predicted octanol–water partition coefficient (Wildman–Crippen LogP) is -0.0294. The normalized spacial score (nSPS) is 17.3. The molecule has 1 fully saturated rings. The average molecular weight is 241 g/mol. The molecule has 1 aliphatic heterocycles. The molecule has 17 heavy (non-hydrogen) atoms. The minimum Gasteiger partial charge on any atom is -0.356 e. The SMILES string of the molecule is CNCC(C)C(=O)NCCCN1CCCC1=O. The van der Waals surface area contributed by atoms with E-state index in [9.17, 15) is 9.59 Å². The zero-order valence-electron chi connectivity index (χ0n) is 10.8. The van der Waals surface area contributed by atoms with Gasteiger partial charge in [0, 0.05) is 38.5 Å². The van der Waals surface area contributed by atoms with Gasteiger partial charge in [-0.05, 0) is 19.9 Å². The lowest BCUT2D eigenvalue weighted by atomic mass is 10.1. The first-order chi connectivity index (χ1) is 8.15. The Morgan fingerprint density at radius 3 is 2.88 bits per heavy atom. The Bertz CT molecular complexity index is 268. The highest BCUT2D eigenvalue weighted by Gasteiger charge is 2.19. The topological polar surface area (TPSA) is 61.4 Å². The maximum Gasteiger partial charge on any atom is 0.224 e. The number of hydrogen-bond donors (Lipinski definition) is 2. The molecule has 2 amide bonds. The average Bonchev–Trinajstić information content (AvgIpc) is 2.70. The first-order valence-electron chi connectivity index (χ1n) is 6.35. The number of nitrogens with zero attached hydrogens (tertiary/aromatic N) is 1. The van der Waals surface area contributed by atoms with Crippen LogP contribution in [-0.2, 0) is 9.59 Å². The maximum atomic E-state index is 11.6. The van der Waals surface area contributed by atoms with Crippen LogP contribution in [0, 0.1) is 5.92 Å². The zero-order valence-corrected chi connectivity index (χ0v) is 10.8. The molecule has 98 valence electrons. The molecule has 0 aliphatic carbocycles. The summed E-state index contributed by atoms with van der Waals surface area (Å²) in [4.78, 5) is 24.8. The van der Waals surface area contributed by atoms with Crippen LogP contribution in [0.2, 0.25) is 0 Å². The summed E-state index contributed by atoms with van der Waals surface area (Å²) in [5, 5.41) is 5.86. The van der Waals surface area contributed by atoms with Crippen LogP contribution in [0.1, 0.15) is 26.2 Å². The Balaban J connectivity index is 2.07. The highest BCUT2D eigenvalue weighted by molar-refractivity contribution is 5.78. The van der Waals surface area contributed by atoms with Crippen LogP contribution in [0.15, 0.2) is 0 Å². The van der Waals surface area contributed by atoms with Crippen molar-refractivity contribution in [2.24, 2.45) is 5.92 Å². The molecule has 0 saturated carbocycles. The van der Waals surface area contributed by atoms with Gasteiger partial charge in [-0.3, -0.25) is 9.59 Å². The van der Waals surface area contributed by atoms with Crippen molar-refractivity contribution in [2.75, 3.05) is 33.2 Å². The van der Waals surface area contributed by atoms with Gasteiger partial charge in [0.1, 0.15) is 0 Å². The van der Waals surface area contributed by atoms with Gasteiger partial charge in [-0.25, -0.2) is 0 Å². The lowest BCUT2D eigenvalue weighted by molar-refractivity contribution is -0.127. The molecule has 1 rings (SSSR count). The van der Waals surface area contributed by atoms with Gasteiger partial charge in [-0.15, -0.1) is 0 Å². The molecule has 2 N–H and O–H groups in total. The number of likely N-dealkylation sites (tertiary alicyclic amines) is 1. The molecule has 1 atom stereocenters. The zero-order chi connectivity index (χ0) is 12.7. The van der Waals surface area contributed by atoms with Gasteiger partial charge >= 0.3 is 0 Å². The molecule has 5 heteroatoms. The summed E-state index contributed by atoms with van der Waals surface area (Å²) in [6.07, 6.45) is 2.50. The maximum absolute atomic E-state index is 11.6. The van der Waals surface area contributed by atoms with E-state index in [0.29, 0.717) is 19.5 Å². The van der Waals surface area contributed by atoms with Crippen LogP contribution in [0.4, 0.5) is 0 Å². The fraction of sp³-hybridized carbons (Fsp3) is 0.833. The minimum absolute atomic E-state index is 0.00609. The van der Waals surface area contributed by atoms with Crippen molar-refractivity contribution >= 4 is 11.8 Å². The van der Waals surface area contributed by atoms with Gasteiger partial charge < -0.3 is 15.5 Å². The van der Waals surface area contributed by atoms with Crippen LogP contribution < -0.4 is 10.6 Å². The van der Waals surface area contributed by atoms with Crippen molar-refractivity contribution in [1.82, 2.24) is 15.5 Å². The van der Waals surface area contributed by atoms with E-state index in [2.05, 4.69) is 10.6 Å². The van der Waals surface area contributed by atoms with Crippen molar-refractivity contribution < 1.29 is 9.59 Å². The van der Waals surface area contributed by atoms with E-state index in [1.165, 1.54) is 0 Å². The third-order valence-electron chi connectivity index (χ3n) is 3.03. The molecule has 0 spiro atoms. The molecule has 0 aromatic carbocycles. The van der Waals surface area contributed by atoms with E-state index in [1.54, 1.807) is 0 Å². The molecule has 0 radical (unpaired) electrons. The summed E-state index contributed by atoms with van der Waals surface area (Å²) in [6, 6.07) is 0. The Morgan fingerprint density at radius 2 is 2.29 bits per heavy atom. The fourth-order valence-corrected chi connectivity index (χ4v) is 2.00. The standard InChI is InChI=1S/C12H23N3O2/c1-10(9-13-2)12(17)14-6-4-8-15-7-3-5-11(15)16/h10,13H,3-9H2,1-2H3,(H,14,17). The van der Waals surface area contributed by atoms with Crippen LogP contribution in [-0.4, -0.2) is 49.9 Å². The van der Waals surface area contributed by atoms with Gasteiger partial charge in [0.05, 0.1) is 0 Å². The second kappa shape index (κ2) is 7.27. The fourth-order valence-electron chi connectivity index (χ4n) is 2.00. The Hall–Kier alpha value is -1.10. The van der Waals surface area contributed by atoms with E-state index < -0.39 is 0 Å². The van der Waals surface area contributed by atoms with Crippen LogP contribution in [0.5, 0.6) is 0 Å². The van der Waals surface area contributed by atoms with Gasteiger partial charge in [-0.1, -0.05) is 6.92 Å². The molecular formula is C12H23N3O2. The second-order valence-electron chi connectivity index (χ2n) is 4.59. The molecule has 1 heterocycles. The number of carbonyl (C=O) groups is 2. The molecule has 0 bridgehead atoms. The van der Waals surface area contributed by atoms with Crippen molar-refractivity contribution in [1.29, 1.82) is 0 Å². The highest BCUT2D eigenvalue weighted by Crippen LogP contribution is 2.09. The largest absolute Gasteiger partial charge is 0.356 e. The van der Waals surface area contributed by atoms with E-state index in [-0.39, 0.29) is 17.7 Å². The van der Waals surface area contributed by atoms with Crippen LogP contribution in [0.3, 0.4) is 0 Å². The van der Waals surface area contributed by atoms with Crippen molar-refractivity contribution in [3.8, 4) is 0 Å². The monoisotopic (exact) mass is 241 g/mol. The van der Waals surface area contributed by atoms with E-state index in [0.717, 1.165) is 25.9 Å². The summed E-state index contributed by atoms with van der Waals surface area (Å²) in [7, 11) is 1.84. The summed E-state index contributed by atoms with van der Waals surface area (Å²) >= 11 is 0. The lowest BCUT2D eigenvalue weighted by Crippen LogP contribution is -2.36. The second-order valence-corrected chi connectivity index (χ2v) is 4.59. The molecule has 1 unspecified atom stereocenters. The first-order valence-corrected chi connectivity index (χ1v) is 6.35. The van der Waals surface area contributed by atoms with Gasteiger partial charge in [-0.2, -0.15) is 0 Å². The molecule has 1 aliphatic rings. The van der Waals surface area contributed by atoms with Crippen LogP contribution >= 0.6 is 0 Å². The van der Waals surface area contributed by atoms with Gasteiger partial charge in [0.2, 0.25) is 11.8 Å². The third kappa shape index (κ3) is 4.73. The number of hydrogen-bond acceptors (Lipinski definition) is 3. The number of rotatable bonds is 7. The molecular weight excluding hydrogens is 218 g/mol. The summed E-state index contributed by atoms with van der Waals surface area (Å²) in [6.45, 7) is 4.88. The summed E-state index contributed by atoms with van der Waals surface area (Å²) < 4.78 is 0. The van der Waals surface area contributed by atoms with E-state index in [4.69, 9.17) is 0 Å². The van der Waals surface area contributed by atoms with E-state index in [1.807, 2.05) is 18.9 Å². The first kappa shape index (κ1) is 14.0. The van der Waals surface area contributed by atoms with E-state index >= 15 is 0 Å². The Morgan fingerprint density at radius 1 is 1.53 bits per heavy atom. The minimum atomic E-state index is -0.00609. The van der Waals surface area contributed by atoms with Crippen molar-refractivity contribution in [2.45, 2.75) is 26.2 Å². The van der Waals surface area contributed by atoms with Gasteiger partial charge in [0.25, 0.3) is 0 Å². The summed E-state index contributed by atoms with van der Waals surface area (Å²) in [5.74, 6) is 0.320. The lowest BCUT2D eigenvalue weighted by Gasteiger charge is -2.16. The highest BCUT2D eigenvalue weighted by atomic mass is 16.2. The van der Waals surface area contributed by atoms with Crippen molar-refractivity contribution in [3.05, 3.63) is 0 Å². The Kier molecular flexibility index (Phi) is 5.97. The molecule has 1 saturated heterocycles. The predicted molar refractivity (Wildman–Crippen MR) is 66.5 cm³/mol. The molecule has 0 aromatic rings. The molecule has 5 nitrogen and oxygen atoms in total. The number of carbonyl (C=O) groups excluding carboxylic acids is 2. The summed E-state index contributed by atoms with van der Waals surface area (Å²) in [5.41, 5.74) is 0. The quantitative estimate of drug-likeness (QED) is 0.615. The Labute approximate surface area is 103 Å². The third-order valence-corrected chi connectivity index (χ3v) is 3.03. The number of amides is 2. The van der Waals surface area contributed by atoms with Crippen LogP contribution in [0.25, 0.3) is 0 Å². The number of nitrogens with one attached hydrogen (secondary N) is 2. The molecule has 0 aromatic heterocycles.